The molecule has 0 unspecified atom stereocenters. The molecule has 1 aliphatic rings. The minimum atomic E-state index is -0.669. The molecule has 1 saturated carbocycles. The lowest BCUT2D eigenvalue weighted by atomic mass is 9.80. The molecule has 2 aromatic carbocycles. The molecule has 1 aliphatic carbocycles. The zero-order chi connectivity index (χ0) is 20.6. The minimum Gasteiger partial charge on any atom is -0.464 e. The van der Waals surface area contributed by atoms with Crippen molar-refractivity contribution in [1.29, 1.82) is 0 Å². The number of hydrogen-bond acceptors (Lipinski definition) is 5. The van der Waals surface area contributed by atoms with E-state index in [0.717, 1.165) is 11.1 Å². The summed E-state index contributed by atoms with van der Waals surface area (Å²) >= 11 is 0. The van der Waals surface area contributed by atoms with Crippen molar-refractivity contribution >= 4 is 17.5 Å². The van der Waals surface area contributed by atoms with E-state index < -0.39 is 12.0 Å². The topological polar surface area (TPSA) is 72.5 Å². The molecule has 3 rings (SSSR count). The van der Waals surface area contributed by atoms with E-state index in [2.05, 4.69) is 5.32 Å². The first kappa shape index (κ1) is 20.5. The fourth-order valence-electron chi connectivity index (χ4n) is 3.50. The van der Waals surface area contributed by atoms with E-state index in [1.165, 1.54) is 6.20 Å². The summed E-state index contributed by atoms with van der Waals surface area (Å²) in [5.41, 5.74) is 2.08. The van der Waals surface area contributed by atoms with Crippen LogP contribution in [0.25, 0.3) is 0 Å². The van der Waals surface area contributed by atoms with Gasteiger partial charge in [0.25, 0.3) is 0 Å². The Labute approximate surface area is 170 Å². The lowest BCUT2D eigenvalue weighted by Crippen LogP contribution is -2.38. The van der Waals surface area contributed by atoms with Crippen LogP contribution in [0.1, 0.15) is 36.8 Å². The van der Waals surface area contributed by atoms with Gasteiger partial charge in [0.05, 0.1) is 12.2 Å². The molecule has 0 bridgehead atoms. The van der Waals surface area contributed by atoms with Gasteiger partial charge in [0.2, 0.25) is 0 Å². The Hall–Kier alpha value is -3.21. The number of allylic oxidation sites excluding steroid dienone is 1. The third kappa shape index (κ3) is 5.41. The second kappa shape index (κ2) is 9.82. The van der Waals surface area contributed by atoms with Gasteiger partial charge in [-0.15, -0.1) is 0 Å². The number of hydrogen-bond donors (Lipinski definition) is 1. The van der Waals surface area contributed by atoms with Crippen LogP contribution in [0.4, 0.5) is 0 Å². The van der Waals surface area contributed by atoms with Crippen LogP contribution in [0.5, 0.6) is 0 Å². The first-order valence-corrected chi connectivity index (χ1v) is 9.86. The Morgan fingerprint density at radius 2 is 1.62 bits per heavy atom. The second-order valence-electron chi connectivity index (χ2n) is 7.08. The van der Waals surface area contributed by atoms with Gasteiger partial charge in [0.15, 0.2) is 11.6 Å². The van der Waals surface area contributed by atoms with Crippen LogP contribution in [0.15, 0.2) is 72.4 Å². The lowest BCUT2D eigenvalue weighted by Gasteiger charge is -2.23. The molecular weight excluding hydrogens is 366 g/mol. The zero-order valence-corrected chi connectivity index (χ0v) is 16.5. The maximum absolute atomic E-state index is 12.6. The van der Waals surface area contributed by atoms with Crippen LogP contribution in [0.3, 0.4) is 0 Å². The molecule has 5 nitrogen and oxygen atoms in total. The number of carbonyl (C=O) groups is 3. The first-order chi connectivity index (χ1) is 14.1. The number of ether oxygens (including phenoxy) is 1. The van der Waals surface area contributed by atoms with E-state index in [-0.39, 0.29) is 42.5 Å². The maximum atomic E-state index is 12.6. The van der Waals surface area contributed by atoms with E-state index in [1.54, 1.807) is 6.92 Å². The first-order valence-electron chi connectivity index (χ1n) is 9.86. The van der Waals surface area contributed by atoms with Crippen molar-refractivity contribution in [2.75, 3.05) is 6.61 Å². The number of rotatable bonds is 7. The van der Waals surface area contributed by atoms with Crippen molar-refractivity contribution in [3.05, 3.63) is 83.6 Å². The molecule has 5 heteroatoms. The summed E-state index contributed by atoms with van der Waals surface area (Å²) in [5.74, 6) is -0.917. The van der Waals surface area contributed by atoms with E-state index >= 15 is 0 Å². The molecule has 1 N–H and O–H groups in total. The summed E-state index contributed by atoms with van der Waals surface area (Å²) in [5, 5.41) is 2.96. The van der Waals surface area contributed by atoms with Crippen molar-refractivity contribution in [3.63, 3.8) is 0 Å². The third-order valence-electron chi connectivity index (χ3n) is 5.02. The predicted molar refractivity (Wildman–Crippen MR) is 110 cm³/mol. The number of nitrogens with one attached hydrogen (secondary N) is 1. The maximum Gasteiger partial charge on any atom is 0.328 e. The molecule has 0 saturated heterocycles. The summed E-state index contributed by atoms with van der Waals surface area (Å²) in [6.45, 7) is 2.01. The Bertz CT molecular complexity index is 870. The van der Waals surface area contributed by atoms with Crippen molar-refractivity contribution in [2.45, 2.75) is 38.1 Å². The van der Waals surface area contributed by atoms with Crippen LogP contribution in [-0.2, 0) is 25.5 Å². The summed E-state index contributed by atoms with van der Waals surface area (Å²) in [6, 6.07) is 18.5. The van der Waals surface area contributed by atoms with Crippen molar-refractivity contribution in [2.24, 2.45) is 0 Å². The number of esters is 1. The van der Waals surface area contributed by atoms with Gasteiger partial charge < -0.3 is 10.1 Å². The van der Waals surface area contributed by atoms with Crippen LogP contribution >= 0.6 is 0 Å². The summed E-state index contributed by atoms with van der Waals surface area (Å²) in [7, 11) is 0. The average molecular weight is 391 g/mol. The SMILES string of the molecule is CCOC(=O)[C@H](Cc1ccccc1)NC=C1C(=O)CC(c2ccccc2)CC1=O. The molecule has 2 aromatic rings. The number of ketones is 2. The fourth-order valence-corrected chi connectivity index (χ4v) is 3.50. The van der Waals surface area contributed by atoms with Crippen molar-refractivity contribution in [1.82, 2.24) is 5.32 Å². The van der Waals surface area contributed by atoms with Gasteiger partial charge in [-0.25, -0.2) is 4.79 Å². The van der Waals surface area contributed by atoms with Crippen molar-refractivity contribution < 1.29 is 19.1 Å². The standard InChI is InChI=1S/C24H25NO4/c1-2-29-24(28)21(13-17-9-5-3-6-10-17)25-16-20-22(26)14-19(15-23(20)27)18-11-7-4-8-12-18/h3-12,16,19,21,25H,2,13-15H2,1H3/t19?,21-/m0/s1. The highest BCUT2D eigenvalue weighted by molar-refractivity contribution is 6.22. The lowest BCUT2D eigenvalue weighted by molar-refractivity contribution is -0.145. The highest BCUT2D eigenvalue weighted by Crippen LogP contribution is 2.31. The smallest absolute Gasteiger partial charge is 0.328 e. The van der Waals surface area contributed by atoms with Gasteiger partial charge in [-0.05, 0) is 24.0 Å². The molecule has 29 heavy (non-hydrogen) atoms. The van der Waals surface area contributed by atoms with Crippen LogP contribution in [0, 0.1) is 0 Å². The third-order valence-corrected chi connectivity index (χ3v) is 5.02. The van der Waals surface area contributed by atoms with Gasteiger partial charge >= 0.3 is 5.97 Å². The van der Waals surface area contributed by atoms with E-state index in [4.69, 9.17) is 4.74 Å². The van der Waals surface area contributed by atoms with Crippen LogP contribution < -0.4 is 5.32 Å². The summed E-state index contributed by atoms with van der Waals surface area (Å²) in [6.07, 6.45) is 2.37. The van der Waals surface area contributed by atoms with E-state index in [0.29, 0.717) is 6.42 Å². The zero-order valence-electron chi connectivity index (χ0n) is 16.5. The van der Waals surface area contributed by atoms with Gasteiger partial charge in [0, 0.05) is 25.5 Å². The summed E-state index contributed by atoms with van der Waals surface area (Å²) in [4.78, 5) is 37.6. The Morgan fingerprint density at radius 1 is 1.03 bits per heavy atom. The molecule has 0 aromatic heterocycles. The molecule has 0 heterocycles. The van der Waals surface area contributed by atoms with Crippen molar-refractivity contribution in [3.8, 4) is 0 Å². The molecule has 0 amide bonds. The van der Waals surface area contributed by atoms with Crippen LogP contribution in [0.2, 0.25) is 0 Å². The molecular formula is C24H25NO4. The molecule has 1 fully saturated rings. The Kier molecular flexibility index (Phi) is 6.95. The summed E-state index contributed by atoms with van der Waals surface area (Å²) < 4.78 is 5.14. The Morgan fingerprint density at radius 3 is 2.21 bits per heavy atom. The monoisotopic (exact) mass is 391 g/mol. The largest absolute Gasteiger partial charge is 0.464 e. The van der Waals surface area contributed by atoms with E-state index in [9.17, 15) is 14.4 Å². The van der Waals surface area contributed by atoms with Gasteiger partial charge in [-0.1, -0.05) is 60.7 Å². The van der Waals surface area contributed by atoms with Crippen LogP contribution in [-0.4, -0.2) is 30.2 Å². The highest BCUT2D eigenvalue weighted by atomic mass is 16.5. The fraction of sp³-hybridized carbons (Fsp3) is 0.292. The van der Waals surface area contributed by atoms with Gasteiger partial charge in [-0.3, -0.25) is 9.59 Å². The molecule has 0 spiro atoms. The average Bonchev–Trinajstić information content (AvgIpc) is 2.73. The second-order valence-corrected chi connectivity index (χ2v) is 7.08. The normalized spacial score (nSPS) is 17.6. The Balaban J connectivity index is 1.72. The highest BCUT2D eigenvalue weighted by Gasteiger charge is 2.31. The molecule has 1 atom stereocenters. The minimum absolute atomic E-state index is 0.0986. The molecule has 0 radical (unpaired) electrons. The molecule has 0 aliphatic heterocycles. The van der Waals surface area contributed by atoms with Gasteiger partial charge in [0.1, 0.15) is 6.04 Å². The predicted octanol–water partition coefficient (Wildman–Crippen LogP) is 3.35. The quantitative estimate of drug-likeness (QED) is 0.445. The number of carbonyl (C=O) groups excluding carboxylic acids is 3. The number of Topliss-reactive ketones (excluding diaryl/α,β-unsaturated/α-hetero) is 2. The van der Waals surface area contributed by atoms with E-state index in [1.807, 2.05) is 60.7 Å². The number of benzene rings is 2. The molecule has 150 valence electrons. The van der Waals surface area contributed by atoms with Gasteiger partial charge in [-0.2, -0.15) is 0 Å².